The Labute approximate surface area is 189 Å². The zero-order valence-electron chi connectivity index (χ0n) is 19.0. The molecular weight excluding hydrogens is 404 g/mol. The third-order valence-electron chi connectivity index (χ3n) is 7.51. The zero-order valence-corrected chi connectivity index (χ0v) is 19.0. The number of likely N-dealkylation sites (tertiary alicyclic amines) is 1. The van der Waals surface area contributed by atoms with Crippen LogP contribution in [0.3, 0.4) is 0 Å². The minimum Gasteiger partial charge on any atom is -0.497 e. The molecule has 1 aliphatic carbocycles. The highest BCUT2D eigenvalue weighted by molar-refractivity contribution is 5.95. The van der Waals surface area contributed by atoms with E-state index >= 15 is 0 Å². The van der Waals surface area contributed by atoms with Crippen molar-refractivity contribution >= 4 is 11.8 Å². The first kappa shape index (κ1) is 21.0. The van der Waals surface area contributed by atoms with Gasteiger partial charge in [0.1, 0.15) is 11.4 Å². The summed E-state index contributed by atoms with van der Waals surface area (Å²) in [6.07, 6.45) is 7.38. The van der Waals surface area contributed by atoms with Crippen LogP contribution in [0.25, 0.3) is 0 Å². The second kappa shape index (κ2) is 8.26. The van der Waals surface area contributed by atoms with Crippen LogP contribution < -0.4 is 10.1 Å². The number of ether oxygens (including phenoxy) is 1. The molecule has 0 unspecified atom stereocenters. The zero-order chi connectivity index (χ0) is 22.3. The van der Waals surface area contributed by atoms with Crippen LogP contribution in [0, 0.1) is 0 Å². The molecule has 5 rings (SSSR count). The Kier molecular flexibility index (Phi) is 5.43. The molecule has 1 N–H and O–H groups in total. The minimum atomic E-state index is -0.450. The molecular formula is C25H32N4O3. The van der Waals surface area contributed by atoms with Gasteiger partial charge in [0.25, 0.3) is 5.91 Å². The quantitative estimate of drug-likeness (QED) is 0.803. The van der Waals surface area contributed by atoms with Crippen LogP contribution in [0.5, 0.6) is 5.75 Å². The van der Waals surface area contributed by atoms with E-state index in [1.54, 1.807) is 11.8 Å². The number of aryl methyl sites for hydroxylation is 2. The maximum Gasteiger partial charge on any atom is 0.272 e. The average Bonchev–Trinajstić information content (AvgIpc) is 3.26. The van der Waals surface area contributed by atoms with E-state index < -0.39 is 5.54 Å². The van der Waals surface area contributed by atoms with E-state index in [-0.39, 0.29) is 17.7 Å². The second-order valence-corrected chi connectivity index (χ2v) is 9.53. The summed E-state index contributed by atoms with van der Waals surface area (Å²) in [5.41, 5.74) is 3.57. The molecule has 2 fully saturated rings. The third-order valence-corrected chi connectivity index (χ3v) is 7.51. The number of hydrogen-bond donors (Lipinski definition) is 1. The molecule has 0 saturated carbocycles. The fraction of sp³-hybridized carbons (Fsp3) is 0.560. The molecule has 2 aliphatic heterocycles. The van der Waals surface area contributed by atoms with E-state index in [1.807, 2.05) is 30.1 Å². The number of benzene rings is 1. The number of fused-ring (bicyclic) bond motifs is 1. The smallest absolute Gasteiger partial charge is 0.272 e. The molecule has 7 nitrogen and oxygen atoms in total. The number of rotatable bonds is 3. The lowest BCUT2D eigenvalue weighted by molar-refractivity contribution is -0.122. The Morgan fingerprint density at radius 2 is 2.00 bits per heavy atom. The van der Waals surface area contributed by atoms with E-state index in [4.69, 9.17) is 4.74 Å². The number of hydrogen-bond acceptors (Lipinski definition) is 4. The number of carbonyl (C=O) groups excluding carboxylic acids is 2. The Morgan fingerprint density at radius 3 is 2.84 bits per heavy atom. The van der Waals surface area contributed by atoms with E-state index in [2.05, 4.69) is 16.5 Å². The lowest BCUT2D eigenvalue weighted by Gasteiger charge is -2.34. The van der Waals surface area contributed by atoms with Crippen molar-refractivity contribution in [1.29, 1.82) is 0 Å². The van der Waals surface area contributed by atoms with E-state index in [9.17, 15) is 9.59 Å². The van der Waals surface area contributed by atoms with Crippen molar-refractivity contribution in [1.82, 2.24) is 20.0 Å². The van der Waals surface area contributed by atoms with Gasteiger partial charge in [0, 0.05) is 38.0 Å². The summed E-state index contributed by atoms with van der Waals surface area (Å²) in [6.45, 7) is 1.10. The van der Waals surface area contributed by atoms with Crippen molar-refractivity contribution < 1.29 is 14.3 Å². The lowest BCUT2D eigenvalue weighted by atomic mass is 9.79. The van der Waals surface area contributed by atoms with Gasteiger partial charge in [0.05, 0.1) is 18.3 Å². The van der Waals surface area contributed by atoms with Crippen molar-refractivity contribution in [3.8, 4) is 5.75 Å². The SMILES string of the molecule is COc1cccc([C@@H]2CN(C(=O)c3c4c(nn3C)CCCC4)C[C@]23CCCCC(=O)N3)c1. The van der Waals surface area contributed by atoms with Gasteiger partial charge < -0.3 is 15.0 Å². The highest BCUT2D eigenvalue weighted by Crippen LogP contribution is 2.42. The normalized spacial score (nSPS) is 25.4. The van der Waals surface area contributed by atoms with Crippen molar-refractivity contribution in [3.05, 3.63) is 46.8 Å². The summed E-state index contributed by atoms with van der Waals surface area (Å²) in [6, 6.07) is 8.05. The molecule has 1 spiro atoms. The van der Waals surface area contributed by atoms with Gasteiger partial charge in [-0.2, -0.15) is 5.10 Å². The van der Waals surface area contributed by atoms with Gasteiger partial charge in [-0.05, 0) is 56.2 Å². The average molecular weight is 437 g/mol. The molecule has 3 heterocycles. The van der Waals surface area contributed by atoms with Gasteiger partial charge in [-0.25, -0.2) is 0 Å². The topological polar surface area (TPSA) is 76.5 Å². The first-order valence-electron chi connectivity index (χ1n) is 11.8. The monoisotopic (exact) mass is 436 g/mol. The van der Waals surface area contributed by atoms with E-state index in [1.165, 1.54) is 0 Å². The van der Waals surface area contributed by atoms with Crippen molar-refractivity contribution in [3.63, 3.8) is 0 Å². The molecule has 2 aromatic rings. The van der Waals surface area contributed by atoms with Gasteiger partial charge >= 0.3 is 0 Å². The Morgan fingerprint density at radius 1 is 1.19 bits per heavy atom. The fourth-order valence-electron chi connectivity index (χ4n) is 5.95. The molecule has 1 aromatic heterocycles. The van der Waals surface area contributed by atoms with Crippen molar-refractivity contribution in [2.24, 2.45) is 7.05 Å². The predicted molar refractivity (Wildman–Crippen MR) is 121 cm³/mol. The molecule has 2 atom stereocenters. The number of carbonyl (C=O) groups is 2. The van der Waals surface area contributed by atoms with Crippen LogP contribution >= 0.6 is 0 Å². The van der Waals surface area contributed by atoms with E-state index in [0.29, 0.717) is 19.5 Å². The summed E-state index contributed by atoms with van der Waals surface area (Å²) < 4.78 is 7.24. The highest BCUT2D eigenvalue weighted by Gasteiger charge is 2.50. The molecule has 2 saturated heterocycles. The predicted octanol–water partition coefficient (Wildman–Crippen LogP) is 2.98. The third kappa shape index (κ3) is 3.57. The maximum absolute atomic E-state index is 13.8. The second-order valence-electron chi connectivity index (χ2n) is 9.53. The summed E-state index contributed by atoms with van der Waals surface area (Å²) in [4.78, 5) is 28.4. The van der Waals surface area contributed by atoms with Crippen LogP contribution in [0.4, 0.5) is 0 Å². The number of aromatic nitrogens is 2. The summed E-state index contributed by atoms with van der Waals surface area (Å²) >= 11 is 0. The largest absolute Gasteiger partial charge is 0.497 e. The van der Waals surface area contributed by atoms with Crippen molar-refractivity contribution in [2.75, 3.05) is 20.2 Å². The summed E-state index contributed by atoms with van der Waals surface area (Å²) in [5.74, 6) is 0.935. The minimum absolute atomic E-state index is 0.0210. The van der Waals surface area contributed by atoms with Crippen LogP contribution in [0.15, 0.2) is 24.3 Å². The standard InChI is InChI=1S/C25H32N4O3/c1-28-23(19-10-3-4-11-21(19)27-28)24(31)29-15-20(17-8-7-9-18(14-17)32-2)25(16-29)13-6-5-12-22(30)26-25/h7-9,14,20H,3-6,10-13,15-16H2,1-2H3,(H,26,30)/t20-,25+/m0/s1. The van der Waals surface area contributed by atoms with Gasteiger partial charge in [0.2, 0.25) is 5.91 Å². The number of nitrogens with zero attached hydrogens (tertiary/aromatic N) is 3. The molecule has 170 valence electrons. The van der Waals surface area contributed by atoms with Gasteiger partial charge in [-0.1, -0.05) is 18.6 Å². The first-order chi connectivity index (χ1) is 15.5. The van der Waals surface area contributed by atoms with Crippen molar-refractivity contribution in [2.45, 2.75) is 62.8 Å². The molecule has 3 aliphatic rings. The molecule has 0 bridgehead atoms. The van der Waals surface area contributed by atoms with Gasteiger partial charge in [-0.3, -0.25) is 14.3 Å². The van der Waals surface area contributed by atoms with Gasteiger partial charge in [-0.15, -0.1) is 0 Å². The number of amides is 2. The van der Waals surface area contributed by atoms with Crippen LogP contribution in [0.2, 0.25) is 0 Å². The summed E-state index contributed by atoms with van der Waals surface area (Å²) in [7, 11) is 3.54. The van der Waals surface area contributed by atoms with Crippen LogP contribution in [0.1, 0.15) is 71.8 Å². The summed E-state index contributed by atoms with van der Waals surface area (Å²) in [5, 5.41) is 8.01. The first-order valence-corrected chi connectivity index (χ1v) is 11.8. The number of methoxy groups -OCH3 is 1. The maximum atomic E-state index is 13.8. The van der Waals surface area contributed by atoms with Crippen LogP contribution in [-0.4, -0.2) is 52.2 Å². The highest BCUT2D eigenvalue weighted by atomic mass is 16.5. The van der Waals surface area contributed by atoms with Gasteiger partial charge in [0.15, 0.2) is 0 Å². The molecule has 2 amide bonds. The van der Waals surface area contributed by atoms with E-state index in [0.717, 1.165) is 73.2 Å². The Bertz CT molecular complexity index is 1050. The molecule has 0 radical (unpaired) electrons. The Hall–Kier alpha value is -2.83. The van der Waals surface area contributed by atoms with Crippen LogP contribution in [-0.2, 0) is 24.7 Å². The number of nitrogens with one attached hydrogen (secondary N) is 1. The Balaban J connectivity index is 1.52. The molecule has 1 aromatic carbocycles. The lowest BCUT2D eigenvalue weighted by Crippen LogP contribution is -2.52. The fourth-order valence-corrected chi connectivity index (χ4v) is 5.95. The molecule has 7 heteroatoms. The molecule has 32 heavy (non-hydrogen) atoms.